The molecule has 1 aliphatic heterocycles. The molecule has 0 aliphatic carbocycles. The summed E-state index contributed by atoms with van der Waals surface area (Å²) in [7, 11) is 0. The highest BCUT2D eigenvalue weighted by Gasteiger charge is 2.27. The van der Waals surface area contributed by atoms with Crippen molar-refractivity contribution in [2.45, 2.75) is 18.6 Å². The van der Waals surface area contributed by atoms with Gasteiger partial charge in [-0.05, 0) is 42.8 Å². The number of pyridine rings is 1. The fraction of sp³-hybridized carbons (Fsp3) is 0.100. The molecule has 0 saturated carbocycles. The zero-order chi connectivity index (χ0) is 20.5. The molecule has 3 heterocycles. The number of thioether (sulfide) groups is 1. The number of fused-ring (bicyclic) bond motifs is 1. The van der Waals surface area contributed by atoms with Crippen LogP contribution in [-0.2, 0) is 6.61 Å². The summed E-state index contributed by atoms with van der Waals surface area (Å²) >= 11 is 4.75. The Labute approximate surface area is 179 Å². The quantitative estimate of drug-likeness (QED) is 0.547. The largest absolute Gasteiger partial charge is 0.504 e. The van der Waals surface area contributed by atoms with Crippen LogP contribution in [0.2, 0.25) is 0 Å². The van der Waals surface area contributed by atoms with E-state index in [1.807, 2.05) is 6.92 Å². The van der Waals surface area contributed by atoms with Gasteiger partial charge in [-0.1, -0.05) is 27.7 Å². The van der Waals surface area contributed by atoms with E-state index in [1.165, 1.54) is 17.8 Å². The number of nitrogens with two attached hydrogens (primary N) is 1. The van der Waals surface area contributed by atoms with Gasteiger partial charge in [0.2, 0.25) is 11.7 Å². The number of halogens is 1. The highest BCUT2D eigenvalue weighted by atomic mass is 79.9. The summed E-state index contributed by atoms with van der Waals surface area (Å²) in [5, 5.41) is 10.9. The first-order valence-electron chi connectivity index (χ1n) is 8.55. The Bertz CT molecular complexity index is 1170. The summed E-state index contributed by atoms with van der Waals surface area (Å²) in [4.78, 5) is 25.4. The molecule has 7 nitrogen and oxygen atoms in total. The third kappa shape index (κ3) is 3.96. The predicted octanol–water partition coefficient (Wildman–Crippen LogP) is 4.14. The minimum atomic E-state index is -0.0739. The number of phenolic OH excluding ortho intramolecular Hbond substituents is 1. The maximum Gasteiger partial charge on any atom is 0.220 e. The van der Waals surface area contributed by atoms with Crippen LogP contribution in [0.5, 0.6) is 11.5 Å². The van der Waals surface area contributed by atoms with E-state index in [-0.39, 0.29) is 29.8 Å². The molecule has 29 heavy (non-hydrogen) atoms. The molecule has 0 radical (unpaired) electrons. The van der Waals surface area contributed by atoms with E-state index in [2.05, 4.69) is 30.9 Å². The van der Waals surface area contributed by atoms with Crippen molar-refractivity contribution in [3.8, 4) is 11.5 Å². The highest BCUT2D eigenvalue weighted by Crippen LogP contribution is 2.41. The van der Waals surface area contributed by atoms with Crippen LogP contribution in [0.4, 0.5) is 5.95 Å². The number of nitrogens with zero attached hydrogens (tertiary/aromatic N) is 3. The fourth-order valence-electron chi connectivity index (χ4n) is 2.76. The van der Waals surface area contributed by atoms with Crippen LogP contribution in [-0.4, -0.2) is 25.8 Å². The lowest BCUT2D eigenvalue weighted by molar-refractivity contribution is 0.104. The minimum Gasteiger partial charge on any atom is -0.504 e. The number of ether oxygens (including phenoxy) is 1. The Morgan fingerprint density at radius 1 is 1.34 bits per heavy atom. The van der Waals surface area contributed by atoms with Crippen LogP contribution in [0.1, 0.15) is 27.2 Å². The second-order valence-electron chi connectivity index (χ2n) is 6.26. The van der Waals surface area contributed by atoms with Crippen LogP contribution < -0.4 is 10.5 Å². The predicted molar refractivity (Wildman–Crippen MR) is 114 cm³/mol. The SMILES string of the molecule is Cc1nc(N)ncc1COc1cc(/C=C2\Sc3ncccc3C2=O)c(Br)cc1O. The monoisotopic (exact) mass is 470 g/mol. The Hall–Kier alpha value is -2.91. The van der Waals surface area contributed by atoms with E-state index in [9.17, 15) is 9.90 Å². The van der Waals surface area contributed by atoms with Gasteiger partial charge in [-0.2, -0.15) is 0 Å². The number of anilines is 1. The zero-order valence-corrected chi connectivity index (χ0v) is 17.6. The molecule has 1 aliphatic rings. The standard InChI is InChI=1S/C20H15BrN4O3S/c1-10-12(8-24-20(22)25-10)9-28-16-5-11(14(21)7-15(16)26)6-17-18(27)13-3-2-4-23-19(13)29-17/h2-8,26H,9H2,1H3,(H2,22,24,25)/b17-6-. The number of allylic oxidation sites excluding steroid dienone is 1. The normalized spacial score (nSPS) is 14.3. The van der Waals surface area contributed by atoms with Gasteiger partial charge in [0.05, 0.1) is 10.5 Å². The number of rotatable bonds is 4. The Morgan fingerprint density at radius 3 is 2.93 bits per heavy atom. The van der Waals surface area contributed by atoms with Crippen LogP contribution >= 0.6 is 27.7 Å². The smallest absolute Gasteiger partial charge is 0.220 e. The van der Waals surface area contributed by atoms with Gasteiger partial charge in [-0.3, -0.25) is 4.79 Å². The molecular weight excluding hydrogens is 456 g/mol. The van der Waals surface area contributed by atoms with Crippen molar-refractivity contribution in [2.24, 2.45) is 0 Å². The molecule has 9 heteroatoms. The molecule has 0 atom stereocenters. The average molecular weight is 471 g/mol. The molecule has 0 fully saturated rings. The molecule has 0 unspecified atom stereocenters. The first-order chi connectivity index (χ1) is 13.9. The van der Waals surface area contributed by atoms with Crippen LogP contribution in [0.15, 0.2) is 51.1 Å². The summed E-state index contributed by atoms with van der Waals surface area (Å²) in [6.07, 6.45) is 5.00. The summed E-state index contributed by atoms with van der Waals surface area (Å²) in [5.41, 5.74) is 8.32. The number of carbonyl (C=O) groups excluding carboxylic acids is 1. The summed E-state index contributed by atoms with van der Waals surface area (Å²) in [6, 6.07) is 6.70. The number of hydrogen-bond donors (Lipinski definition) is 2. The van der Waals surface area contributed by atoms with Gasteiger partial charge < -0.3 is 15.6 Å². The van der Waals surface area contributed by atoms with E-state index in [0.717, 1.165) is 5.56 Å². The molecule has 0 saturated heterocycles. The van der Waals surface area contributed by atoms with Crippen molar-refractivity contribution < 1.29 is 14.6 Å². The van der Waals surface area contributed by atoms with E-state index < -0.39 is 0 Å². The number of Topliss-reactive ketones (excluding diaryl/α,β-unsaturated/α-hetero) is 1. The Kier molecular flexibility index (Phi) is 5.25. The minimum absolute atomic E-state index is 0.0246. The highest BCUT2D eigenvalue weighted by molar-refractivity contribution is 9.10. The van der Waals surface area contributed by atoms with Gasteiger partial charge in [0, 0.05) is 28.1 Å². The Balaban J connectivity index is 1.60. The topological polar surface area (TPSA) is 111 Å². The number of nitrogen functional groups attached to an aromatic ring is 1. The van der Waals surface area contributed by atoms with Crippen molar-refractivity contribution in [1.82, 2.24) is 15.0 Å². The van der Waals surface area contributed by atoms with Gasteiger partial charge in [0.25, 0.3) is 0 Å². The molecule has 0 bridgehead atoms. The van der Waals surface area contributed by atoms with E-state index in [1.54, 1.807) is 36.7 Å². The van der Waals surface area contributed by atoms with Crippen molar-refractivity contribution >= 4 is 45.5 Å². The average Bonchev–Trinajstić information content (AvgIpc) is 3.00. The van der Waals surface area contributed by atoms with Crippen molar-refractivity contribution in [1.29, 1.82) is 0 Å². The van der Waals surface area contributed by atoms with E-state index in [4.69, 9.17) is 10.5 Å². The molecule has 4 rings (SSSR count). The van der Waals surface area contributed by atoms with E-state index >= 15 is 0 Å². The second kappa shape index (κ2) is 7.84. The van der Waals surface area contributed by atoms with E-state index in [0.29, 0.717) is 31.2 Å². The Morgan fingerprint density at radius 2 is 2.17 bits per heavy atom. The third-order valence-corrected chi connectivity index (χ3v) is 6.02. The maximum atomic E-state index is 12.6. The molecular formula is C20H15BrN4O3S. The van der Waals surface area contributed by atoms with Crippen LogP contribution in [0.25, 0.3) is 6.08 Å². The zero-order valence-electron chi connectivity index (χ0n) is 15.2. The fourth-order valence-corrected chi connectivity index (χ4v) is 4.18. The molecule has 0 spiro atoms. The molecule has 1 aromatic carbocycles. The number of carbonyl (C=O) groups is 1. The summed E-state index contributed by atoms with van der Waals surface area (Å²) < 4.78 is 6.41. The molecule has 3 aromatic rings. The van der Waals surface area contributed by atoms with Crippen molar-refractivity contribution in [3.63, 3.8) is 0 Å². The number of aromatic hydroxyl groups is 1. The third-order valence-electron chi connectivity index (χ3n) is 4.29. The lowest BCUT2D eigenvalue weighted by Gasteiger charge is -2.11. The molecule has 146 valence electrons. The van der Waals surface area contributed by atoms with Gasteiger partial charge in [-0.15, -0.1) is 0 Å². The molecule has 3 N–H and O–H groups in total. The van der Waals surface area contributed by atoms with Crippen molar-refractivity contribution in [3.05, 3.63) is 68.4 Å². The van der Waals surface area contributed by atoms with Gasteiger partial charge >= 0.3 is 0 Å². The number of ketones is 1. The second-order valence-corrected chi connectivity index (χ2v) is 8.15. The lowest BCUT2D eigenvalue weighted by atomic mass is 10.1. The summed E-state index contributed by atoms with van der Waals surface area (Å²) in [6.45, 7) is 1.98. The number of benzene rings is 1. The number of hydrogen-bond acceptors (Lipinski definition) is 8. The number of aromatic nitrogens is 3. The van der Waals surface area contributed by atoms with Crippen molar-refractivity contribution in [2.75, 3.05) is 5.73 Å². The van der Waals surface area contributed by atoms with Crippen LogP contribution in [0.3, 0.4) is 0 Å². The first-order valence-corrected chi connectivity index (χ1v) is 10.2. The van der Waals surface area contributed by atoms with Crippen LogP contribution in [0, 0.1) is 6.92 Å². The lowest BCUT2D eigenvalue weighted by Crippen LogP contribution is -2.04. The molecule has 0 amide bonds. The number of aryl methyl sites for hydroxylation is 1. The molecule has 2 aromatic heterocycles. The van der Waals surface area contributed by atoms with Gasteiger partial charge in [0.15, 0.2) is 11.5 Å². The number of phenols is 1. The summed E-state index contributed by atoms with van der Waals surface area (Å²) in [5.74, 6) is 0.377. The van der Waals surface area contributed by atoms with Gasteiger partial charge in [0.1, 0.15) is 11.6 Å². The first kappa shape index (κ1) is 19.4. The maximum absolute atomic E-state index is 12.6. The van der Waals surface area contributed by atoms with Gasteiger partial charge in [-0.25, -0.2) is 15.0 Å².